The molecular formula is C14H14ClN3O2S. The van der Waals surface area contributed by atoms with E-state index >= 15 is 0 Å². The molecule has 0 fully saturated rings. The Morgan fingerprint density at radius 3 is 2.67 bits per heavy atom. The smallest absolute Gasteiger partial charge is 0.286 e. The lowest BCUT2D eigenvalue weighted by molar-refractivity contribution is -0.121. The number of benzene rings is 1. The Hall–Kier alpha value is -1.92. The standard InChI is InChI=1S/C14H14ClN3O2S/c15-10-4-1-2-6-12(10)21-9-7-13(19)17-18-14(20)11-5-3-8-16-11/h1-6,8,16H,7,9H2,(H,17,19)(H,18,20). The highest BCUT2D eigenvalue weighted by atomic mass is 35.5. The zero-order chi connectivity index (χ0) is 15.1. The number of rotatable bonds is 5. The van der Waals surface area contributed by atoms with E-state index < -0.39 is 0 Å². The average Bonchev–Trinajstić information content (AvgIpc) is 3.01. The van der Waals surface area contributed by atoms with Gasteiger partial charge in [-0.05, 0) is 24.3 Å². The van der Waals surface area contributed by atoms with Gasteiger partial charge in [-0.1, -0.05) is 23.7 Å². The van der Waals surface area contributed by atoms with Gasteiger partial charge in [-0.15, -0.1) is 11.8 Å². The largest absolute Gasteiger partial charge is 0.357 e. The van der Waals surface area contributed by atoms with Gasteiger partial charge >= 0.3 is 0 Å². The fraction of sp³-hybridized carbons (Fsp3) is 0.143. The number of carbonyl (C=O) groups excluding carboxylic acids is 2. The lowest BCUT2D eigenvalue weighted by Crippen LogP contribution is -2.41. The molecule has 0 bridgehead atoms. The van der Waals surface area contributed by atoms with Crippen LogP contribution in [-0.4, -0.2) is 22.6 Å². The van der Waals surface area contributed by atoms with Crippen molar-refractivity contribution in [2.75, 3.05) is 5.75 Å². The highest BCUT2D eigenvalue weighted by Gasteiger charge is 2.08. The molecule has 2 rings (SSSR count). The predicted octanol–water partition coefficient (Wildman–Crippen LogP) is 2.61. The molecule has 21 heavy (non-hydrogen) atoms. The van der Waals surface area contributed by atoms with Crippen LogP contribution in [0.25, 0.3) is 0 Å². The van der Waals surface area contributed by atoms with Crippen molar-refractivity contribution in [2.45, 2.75) is 11.3 Å². The Morgan fingerprint density at radius 2 is 1.95 bits per heavy atom. The van der Waals surface area contributed by atoms with Crippen molar-refractivity contribution in [3.8, 4) is 0 Å². The molecule has 0 saturated heterocycles. The summed E-state index contributed by atoms with van der Waals surface area (Å²) in [6.45, 7) is 0. The summed E-state index contributed by atoms with van der Waals surface area (Å²) >= 11 is 7.51. The molecule has 0 atom stereocenters. The fourth-order valence-corrected chi connectivity index (χ4v) is 2.73. The molecule has 0 saturated carbocycles. The molecule has 3 N–H and O–H groups in total. The third-order valence-corrected chi connectivity index (χ3v) is 4.10. The maximum atomic E-state index is 11.6. The first-order valence-corrected chi connectivity index (χ1v) is 7.63. The molecule has 1 heterocycles. The van der Waals surface area contributed by atoms with Crippen molar-refractivity contribution in [3.05, 3.63) is 53.3 Å². The minimum atomic E-state index is -0.382. The van der Waals surface area contributed by atoms with E-state index in [4.69, 9.17) is 11.6 Å². The number of H-pyrrole nitrogens is 1. The minimum absolute atomic E-state index is 0.255. The van der Waals surface area contributed by atoms with Gasteiger partial charge in [0.2, 0.25) is 5.91 Å². The molecule has 0 radical (unpaired) electrons. The van der Waals surface area contributed by atoms with Gasteiger partial charge in [0.1, 0.15) is 5.69 Å². The summed E-state index contributed by atoms with van der Waals surface area (Å²) in [6, 6.07) is 10.8. The van der Waals surface area contributed by atoms with Crippen molar-refractivity contribution >= 4 is 35.2 Å². The molecule has 0 aliphatic heterocycles. The topological polar surface area (TPSA) is 74.0 Å². The van der Waals surface area contributed by atoms with Gasteiger partial charge in [0, 0.05) is 23.3 Å². The highest BCUT2D eigenvalue weighted by molar-refractivity contribution is 7.99. The number of aromatic amines is 1. The molecule has 0 aliphatic carbocycles. The van der Waals surface area contributed by atoms with Gasteiger partial charge in [-0.25, -0.2) is 0 Å². The fourth-order valence-electron chi connectivity index (χ4n) is 1.54. The summed E-state index contributed by atoms with van der Waals surface area (Å²) in [7, 11) is 0. The first-order valence-electron chi connectivity index (χ1n) is 6.26. The van der Waals surface area contributed by atoms with E-state index in [2.05, 4.69) is 15.8 Å². The van der Waals surface area contributed by atoms with Crippen molar-refractivity contribution in [1.82, 2.24) is 15.8 Å². The van der Waals surface area contributed by atoms with E-state index in [1.54, 1.807) is 24.4 Å². The Bertz CT molecular complexity index is 616. The summed E-state index contributed by atoms with van der Waals surface area (Å²) < 4.78 is 0. The Balaban J connectivity index is 1.68. The van der Waals surface area contributed by atoms with Crippen molar-refractivity contribution < 1.29 is 9.59 Å². The van der Waals surface area contributed by atoms with Crippen molar-refractivity contribution in [2.24, 2.45) is 0 Å². The molecule has 0 aliphatic rings. The summed E-state index contributed by atoms with van der Waals surface area (Å²) in [5, 5.41) is 0.669. The number of thioether (sulfide) groups is 1. The quantitative estimate of drug-likeness (QED) is 0.585. The number of carbonyl (C=O) groups is 2. The number of amides is 2. The maximum Gasteiger partial charge on any atom is 0.286 e. The monoisotopic (exact) mass is 323 g/mol. The van der Waals surface area contributed by atoms with Gasteiger partial charge in [0.05, 0.1) is 5.02 Å². The highest BCUT2D eigenvalue weighted by Crippen LogP contribution is 2.26. The first-order chi connectivity index (χ1) is 10.2. The SMILES string of the molecule is O=C(CCSc1ccccc1Cl)NNC(=O)c1ccc[nH]1. The Kier molecular flexibility index (Phi) is 5.71. The number of hydrogen-bond donors (Lipinski definition) is 3. The van der Waals surface area contributed by atoms with Crippen LogP contribution < -0.4 is 10.9 Å². The zero-order valence-corrected chi connectivity index (χ0v) is 12.6. The van der Waals surface area contributed by atoms with Gasteiger partial charge in [-0.2, -0.15) is 0 Å². The molecule has 2 aromatic rings. The minimum Gasteiger partial charge on any atom is -0.357 e. The van der Waals surface area contributed by atoms with Crippen LogP contribution >= 0.6 is 23.4 Å². The van der Waals surface area contributed by atoms with Crippen LogP contribution in [0.15, 0.2) is 47.5 Å². The van der Waals surface area contributed by atoms with E-state index in [-0.39, 0.29) is 18.2 Å². The summed E-state index contributed by atoms with van der Waals surface area (Å²) in [5.74, 6) is -0.0601. The van der Waals surface area contributed by atoms with Crippen LogP contribution in [0.2, 0.25) is 5.02 Å². The molecule has 1 aromatic heterocycles. The second kappa shape index (κ2) is 7.75. The Labute approximate surface area is 131 Å². The van der Waals surface area contributed by atoms with Crippen LogP contribution in [0, 0.1) is 0 Å². The molecule has 5 nitrogen and oxygen atoms in total. The van der Waals surface area contributed by atoms with Crippen molar-refractivity contribution in [3.63, 3.8) is 0 Å². The van der Waals surface area contributed by atoms with Crippen molar-refractivity contribution in [1.29, 1.82) is 0 Å². The number of hydrazine groups is 1. The van der Waals surface area contributed by atoms with Gasteiger partial charge < -0.3 is 4.98 Å². The number of hydrogen-bond acceptors (Lipinski definition) is 3. The number of aromatic nitrogens is 1. The summed E-state index contributed by atoms with van der Waals surface area (Å²) in [5.41, 5.74) is 5.10. The number of nitrogens with one attached hydrogen (secondary N) is 3. The van der Waals surface area contributed by atoms with Crippen LogP contribution in [0.3, 0.4) is 0 Å². The molecule has 0 spiro atoms. The van der Waals surface area contributed by atoms with Crippen LogP contribution in [0.4, 0.5) is 0 Å². The van der Waals surface area contributed by atoms with Gasteiger partial charge in [-0.3, -0.25) is 20.4 Å². The normalized spacial score (nSPS) is 10.1. The lowest BCUT2D eigenvalue weighted by atomic mass is 10.4. The van der Waals surface area contributed by atoms with E-state index in [1.807, 2.05) is 18.2 Å². The third-order valence-electron chi connectivity index (χ3n) is 2.58. The van der Waals surface area contributed by atoms with Crippen LogP contribution in [0.5, 0.6) is 0 Å². The van der Waals surface area contributed by atoms with Gasteiger partial charge in [0.15, 0.2) is 0 Å². The molecule has 110 valence electrons. The lowest BCUT2D eigenvalue weighted by Gasteiger charge is -2.07. The number of halogens is 1. The second-order valence-electron chi connectivity index (χ2n) is 4.11. The molecule has 2 amide bonds. The van der Waals surface area contributed by atoms with Gasteiger partial charge in [0.25, 0.3) is 5.91 Å². The van der Waals surface area contributed by atoms with Crippen LogP contribution in [0.1, 0.15) is 16.9 Å². The zero-order valence-electron chi connectivity index (χ0n) is 11.1. The van der Waals surface area contributed by atoms with E-state index in [0.29, 0.717) is 16.5 Å². The van der Waals surface area contributed by atoms with E-state index in [1.165, 1.54) is 11.8 Å². The van der Waals surface area contributed by atoms with E-state index in [9.17, 15) is 9.59 Å². The maximum absolute atomic E-state index is 11.6. The molecule has 0 unspecified atom stereocenters. The average molecular weight is 324 g/mol. The summed E-state index contributed by atoms with van der Waals surface area (Å²) in [4.78, 5) is 26.9. The third kappa shape index (κ3) is 4.84. The molecule has 7 heteroatoms. The van der Waals surface area contributed by atoms with E-state index in [0.717, 1.165) is 4.90 Å². The second-order valence-corrected chi connectivity index (χ2v) is 5.66. The van der Waals surface area contributed by atoms with Crippen LogP contribution in [-0.2, 0) is 4.79 Å². The Morgan fingerprint density at radius 1 is 1.14 bits per heavy atom. The summed E-state index contributed by atoms with van der Waals surface area (Å²) in [6.07, 6.45) is 1.91. The molecular weight excluding hydrogens is 310 g/mol. The molecule has 1 aromatic carbocycles. The predicted molar refractivity (Wildman–Crippen MR) is 83.2 cm³/mol. The first kappa shape index (κ1) is 15.5.